The van der Waals surface area contributed by atoms with E-state index in [2.05, 4.69) is 0 Å². The van der Waals surface area contributed by atoms with Crippen molar-refractivity contribution < 1.29 is 13.2 Å². The Morgan fingerprint density at radius 1 is 1.00 bits per heavy atom. The Hall–Kier alpha value is -1.54. The topological polar surface area (TPSA) is 57.7 Å². The third-order valence-electron chi connectivity index (χ3n) is 5.05. The van der Waals surface area contributed by atoms with Crippen LogP contribution in [0.4, 0.5) is 0 Å². The highest BCUT2D eigenvalue weighted by atomic mass is 35.5. The molecule has 1 amide bonds. The molecule has 0 radical (unpaired) electrons. The van der Waals surface area contributed by atoms with Crippen molar-refractivity contribution in [3.63, 3.8) is 0 Å². The lowest BCUT2D eigenvalue weighted by Crippen LogP contribution is -2.50. The molecule has 1 aliphatic rings. The minimum Gasteiger partial charge on any atom is -0.336 e. The van der Waals surface area contributed by atoms with Crippen LogP contribution >= 0.6 is 23.4 Å². The summed E-state index contributed by atoms with van der Waals surface area (Å²) >= 11 is 7.76. The van der Waals surface area contributed by atoms with Crippen LogP contribution in [0.2, 0.25) is 5.02 Å². The molecule has 2 aromatic carbocycles. The van der Waals surface area contributed by atoms with Crippen LogP contribution in [-0.2, 0) is 10.0 Å². The summed E-state index contributed by atoms with van der Waals surface area (Å²) in [5, 5.41) is 0.410. The number of hydrogen-bond acceptors (Lipinski definition) is 4. The van der Waals surface area contributed by atoms with Gasteiger partial charge in [-0.25, -0.2) is 8.42 Å². The molecule has 1 fully saturated rings. The lowest BCUT2D eigenvalue weighted by molar-refractivity contribution is 0.0698. The number of nitrogens with zero attached hydrogens (tertiary/aromatic N) is 2. The SMILES string of the molecule is CSc1ccc(Cl)c(C(=O)N2CCN(S(=O)(=O)c3ccc(C)c(C)c3)CC2)c1. The standard InChI is InChI=1S/C20H23ClN2O3S2/c1-14-4-6-17(12-15(14)2)28(25,26)23-10-8-22(9-11-23)20(24)18-13-16(27-3)5-7-19(18)21/h4-7,12-13H,8-11H2,1-3H3. The van der Waals surface area contributed by atoms with Crippen LogP contribution in [0.25, 0.3) is 0 Å². The maximum absolute atomic E-state index is 12.9. The van der Waals surface area contributed by atoms with E-state index in [1.807, 2.05) is 32.2 Å². The van der Waals surface area contributed by atoms with Crippen molar-refractivity contribution >= 4 is 39.3 Å². The Balaban J connectivity index is 1.73. The molecule has 0 N–H and O–H groups in total. The molecule has 5 nitrogen and oxygen atoms in total. The zero-order valence-corrected chi connectivity index (χ0v) is 18.5. The summed E-state index contributed by atoms with van der Waals surface area (Å²) in [6, 6.07) is 10.5. The lowest BCUT2D eigenvalue weighted by atomic mass is 10.1. The first-order valence-corrected chi connectivity index (χ1v) is 12.0. The molecular formula is C20H23ClN2O3S2. The van der Waals surface area contributed by atoms with E-state index in [4.69, 9.17) is 11.6 Å². The molecule has 0 saturated carbocycles. The van der Waals surface area contributed by atoms with E-state index < -0.39 is 10.0 Å². The van der Waals surface area contributed by atoms with Crippen LogP contribution < -0.4 is 0 Å². The van der Waals surface area contributed by atoms with Crippen molar-refractivity contribution in [1.29, 1.82) is 0 Å². The number of amides is 1. The average molecular weight is 439 g/mol. The molecular weight excluding hydrogens is 416 g/mol. The third kappa shape index (κ3) is 4.22. The molecule has 28 heavy (non-hydrogen) atoms. The van der Waals surface area contributed by atoms with Crippen LogP contribution in [0, 0.1) is 13.8 Å². The summed E-state index contributed by atoms with van der Waals surface area (Å²) in [7, 11) is -3.57. The predicted octanol–water partition coefficient (Wildman–Crippen LogP) is 3.83. The number of aryl methyl sites for hydroxylation is 2. The summed E-state index contributed by atoms with van der Waals surface area (Å²) in [4.78, 5) is 15.8. The highest BCUT2D eigenvalue weighted by molar-refractivity contribution is 7.98. The Kier molecular flexibility index (Phi) is 6.39. The fourth-order valence-electron chi connectivity index (χ4n) is 3.12. The number of halogens is 1. The van der Waals surface area contributed by atoms with Crippen molar-refractivity contribution in [1.82, 2.24) is 9.21 Å². The molecule has 0 aliphatic carbocycles. The van der Waals surface area contributed by atoms with Gasteiger partial charge < -0.3 is 4.90 Å². The quantitative estimate of drug-likeness (QED) is 0.681. The Bertz CT molecular complexity index is 1000. The Labute approximate surface area is 175 Å². The van der Waals surface area contributed by atoms with Gasteiger partial charge >= 0.3 is 0 Å². The number of carbonyl (C=O) groups is 1. The number of thioether (sulfide) groups is 1. The van der Waals surface area contributed by atoms with Crippen LogP contribution in [0.3, 0.4) is 0 Å². The normalized spacial score (nSPS) is 15.6. The van der Waals surface area contributed by atoms with Gasteiger partial charge in [-0.15, -0.1) is 11.8 Å². The van der Waals surface area contributed by atoms with E-state index in [1.165, 1.54) is 4.31 Å². The van der Waals surface area contributed by atoms with Crippen LogP contribution in [0.1, 0.15) is 21.5 Å². The van der Waals surface area contributed by atoms with Gasteiger partial charge in [-0.2, -0.15) is 4.31 Å². The molecule has 0 aromatic heterocycles. The Morgan fingerprint density at radius 3 is 2.29 bits per heavy atom. The van der Waals surface area contributed by atoms with Crippen molar-refractivity contribution in [3.8, 4) is 0 Å². The number of piperazine rings is 1. The van der Waals surface area contributed by atoms with Crippen molar-refractivity contribution in [2.75, 3.05) is 32.4 Å². The minimum atomic E-state index is -3.57. The first kappa shape index (κ1) is 21.2. The highest BCUT2D eigenvalue weighted by Crippen LogP contribution is 2.26. The van der Waals surface area contributed by atoms with Crippen molar-refractivity contribution in [2.24, 2.45) is 0 Å². The van der Waals surface area contributed by atoms with Crippen molar-refractivity contribution in [2.45, 2.75) is 23.6 Å². The summed E-state index contributed by atoms with van der Waals surface area (Å²) < 4.78 is 27.3. The second kappa shape index (κ2) is 8.45. The molecule has 2 aromatic rings. The first-order chi connectivity index (χ1) is 13.2. The number of sulfonamides is 1. The van der Waals surface area contributed by atoms with Gasteiger partial charge in [0.25, 0.3) is 5.91 Å². The van der Waals surface area contributed by atoms with E-state index in [0.717, 1.165) is 16.0 Å². The van der Waals surface area contributed by atoms with E-state index >= 15 is 0 Å². The zero-order valence-electron chi connectivity index (χ0n) is 16.1. The van der Waals surface area contributed by atoms with Gasteiger partial charge in [-0.3, -0.25) is 4.79 Å². The van der Waals surface area contributed by atoms with Gasteiger partial charge in [0.2, 0.25) is 10.0 Å². The van der Waals surface area contributed by atoms with Gasteiger partial charge in [0.15, 0.2) is 0 Å². The highest BCUT2D eigenvalue weighted by Gasteiger charge is 2.31. The van der Waals surface area contributed by atoms with Crippen LogP contribution in [0.5, 0.6) is 0 Å². The maximum atomic E-state index is 12.9. The monoisotopic (exact) mass is 438 g/mol. The Morgan fingerprint density at radius 2 is 1.68 bits per heavy atom. The summed E-state index contributed by atoms with van der Waals surface area (Å²) in [5.74, 6) is -0.163. The average Bonchev–Trinajstić information content (AvgIpc) is 2.70. The summed E-state index contributed by atoms with van der Waals surface area (Å²) in [6.07, 6.45) is 1.94. The van der Waals surface area contributed by atoms with Crippen LogP contribution in [0.15, 0.2) is 46.2 Å². The number of hydrogen-bond donors (Lipinski definition) is 0. The fourth-order valence-corrected chi connectivity index (χ4v) is 5.27. The van der Waals surface area contributed by atoms with Gasteiger partial charge in [-0.1, -0.05) is 17.7 Å². The second-order valence-electron chi connectivity index (χ2n) is 6.79. The largest absolute Gasteiger partial charge is 0.336 e. The van der Waals surface area contributed by atoms with E-state index in [9.17, 15) is 13.2 Å². The fraction of sp³-hybridized carbons (Fsp3) is 0.350. The van der Waals surface area contributed by atoms with E-state index in [0.29, 0.717) is 28.6 Å². The number of benzene rings is 2. The molecule has 0 bridgehead atoms. The maximum Gasteiger partial charge on any atom is 0.255 e. The van der Waals surface area contributed by atoms with Crippen molar-refractivity contribution in [3.05, 3.63) is 58.1 Å². The third-order valence-corrected chi connectivity index (χ3v) is 8.00. The zero-order chi connectivity index (χ0) is 20.5. The number of rotatable bonds is 4. The molecule has 1 aliphatic heterocycles. The van der Waals surface area contributed by atoms with Gasteiger partial charge in [0.05, 0.1) is 15.5 Å². The van der Waals surface area contributed by atoms with Gasteiger partial charge in [0, 0.05) is 31.1 Å². The second-order valence-corrected chi connectivity index (χ2v) is 10.0. The molecule has 0 spiro atoms. The molecule has 1 saturated heterocycles. The van der Waals surface area contributed by atoms with Gasteiger partial charge in [0.1, 0.15) is 0 Å². The number of carbonyl (C=O) groups excluding carboxylic acids is 1. The van der Waals surface area contributed by atoms with E-state index in [-0.39, 0.29) is 19.0 Å². The lowest BCUT2D eigenvalue weighted by Gasteiger charge is -2.34. The summed E-state index contributed by atoms with van der Waals surface area (Å²) in [6.45, 7) is 5.05. The predicted molar refractivity (Wildman–Crippen MR) is 114 cm³/mol. The summed E-state index contributed by atoms with van der Waals surface area (Å²) in [5.41, 5.74) is 2.45. The molecule has 3 rings (SSSR count). The molecule has 150 valence electrons. The van der Waals surface area contributed by atoms with E-state index in [1.54, 1.807) is 40.9 Å². The first-order valence-electron chi connectivity index (χ1n) is 8.94. The van der Waals surface area contributed by atoms with Crippen LogP contribution in [-0.4, -0.2) is 56.0 Å². The molecule has 1 heterocycles. The minimum absolute atomic E-state index is 0.163. The molecule has 8 heteroatoms. The molecule has 0 unspecified atom stereocenters. The molecule has 0 atom stereocenters. The smallest absolute Gasteiger partial charge is 0.255 e. The van der Waals surface area contributed by atoms with Gasteiger partial charge in [-0.05, 0) is 61.6 Å².